The van der Waals surface area contributed by atoms with Crippen LogP contribution in [-0.4, -0.2) is 39.0 Å². The lowest BCUT2D eigenvalue weighted by Gasteiger charge is -2.19. The van der Waals surface area contributed by atoms with Gasteiger partial charge in [-0.2, -0.15) is 10.1 Å². The van der Waals surface area contributed by atoms with Gasteiger partial charge in [-0.15, -0.1) is 0 Å². The van der Waals surface area contributed by atoms with Gasteiger partial charge in [0.05, 0.1) is 10.7 Å². The molecule has 2 amide bonds. The highest BCUT2D eigenvalue weighted by atomic mass is 35.5. The minimum atomic E-state index is -1.01. The fourth-order valence-electron chi connectivity index (χ4n) is 3.43. The van der Waals surface area contributed by atoms with Crippen LogP contribution in [-0.2, 0) is 16.1 Å². The van der Waals surface area contributed by atoms with Crippen LogP contribution in [0.15, 0.2) is 63.4 Å². The monoisotopic (exact) mass is 426 g/mol. The summed E-state index contributed by atoms with van der Waals surface area (Å²) in [5.74, 6) is -1.20. The van der Waals surface area contributed by atoms with Crippen molar-refractivity contribution in [1.29, 1.82) is 0 Å². The molecule has 1 fully saturated rings. The van der Waals surface area contributed by atoms with Gasteiger partial charge in [-0.1, -0.05) is 40.2 Å². The van der Waals surface area contributed by atoms with Crippen LogP contribution in [0.1, 0.15) is 5.89 Å². The molecule has 0 radical (unpaired) electrons. The van der Waals surface area contributed by atoms with Crippen molar-refractivity contribution in [2.24, 2.45) is 10.3 Å². The minimum absolute atomic E-state index is 0.0296. The second-order valence-electron chi connectivity index (χ2n) is 6.68. The molecule has 11 heteroatoms. The van der Waals surface area contributed by atoms with Crippen LogP contribution in [0.3, 0.4) is 0 Å². The molecule has 2 aliphatic rings. The molecule has 5 rings (SSSR count). The van der Waals surface area contributed by atoms with Crippen LogP contribution in [0.5, 0.6) is 0 Å². The number of hydrogen-bond donors (Lipinski definition) is 0. The van der Waals surface area contributed by atoms with Crippen molar-refractivity contribution in [3.8, 4) is 11.4 Å². The molecule has 0 N–H and O–H groups in total. The standard InChI is InChI=1S/C19H12ClFN6O3/c20-13-7-2-1-6-12(13)17-22-14(30-24-17)9-26-16-15(23-25-26)18(28)27(19(16)29)11-5-3-4-10(21)8-11/h1-8,15-16H,9H2/t15-,16-/m1/s1. The average molecular weight is 427 g/mol. The zero-order valence-electron chi connectivity index (χ0n) is 15.1. The van der Waals surface area contributed by atoms with Crippen LogP contribution in [0.2, 0.25) is 5.02 Å². The molecule has 0 spiro atoms. The number of fused-ring (bicyclic) bond motifs is 1. The summed E-state index contributed by atoms with van der Waals surface area (Å²) < 4.78 is 18.8. The SMILES string of the molecule is O=C1[C@@H]2N=NN(Cc3nc(-c4ccccc4Cl)no3)[C@H]2C(=O)N1c1cccc(F)c1. The van der Waals surface area contributed by atoms with E-state index in [-0.39, 0.29) is 18.1 Å². The molecule has 1 saturated heterocycles. The Labute approximate surface area is 173 Å². The maximum absolute atomic E-state index is 13.6. The van der Waals surface area contributed by atoms with Crippen molar-refractivity contribution in [2.75, 3.05) is 4.90 Å². The summed E-state index contributed by atoms with van der Waals surface area (Å²) in [5.41, 5.74) is 0.743. The molecule has 0 aliphatic carbocycles. The lowest BCUT2D eigenvalue weighted by molar-refractivity contribution is -0.123. The fraction of sp³-hybridized carbons (Fsp3) is 0.158. The van der Waals surface area contributed by atoms with Crippen LogP contribution in [0, 0.1) is 5.82 Å². The Morgan fingerprint density at radius 2 is 1.93 bits per heavy atom. The van der Waals surface area contributed by atoms with Gasteiger partial charge in [0.1, 0.15) is 12.4 Å². The number of amides is 2. The van der Waals surface area contributed by atoms with Gasteiger partial charge in [0, 0.05) is 5.56 Å². The highest BCUT2D eigenvalue weighted by molar-refractivity contribution is 6.33. The molecular formula is C19H12ClFN6O3. The van der Waals surface area contributed by atoms with Crippen molar-refractivity contribution >= 4 is 29.1 Å². The second kappa shape index (κ2) is 6.99. The topological polar surface area (TPSA) is 104 Å². The molecule has 0 bridgehead atoms. The molecule has 3 aromatic rings. The predicted molar refractivity (Wildman–Crippen MR) is 102 cm³/mol. The van der Waals surface area contributed by atoms with Crippen LogP contribution >= 0.6 is 11.6 Å². The number of carbonyl (C=O) groups is 2. The highest BCUT2D eigenvalue weighted by Crippen LogP contribution is 2.33. The third-order valence-electron chi connectivity index (χ3n) is 4.80. The number of anilines is 1. The van der Waals surface area contributed by atoms with E-state index in [2.05, 4.69) is 20.5 Å². The summed E-state index contributed by atoms with van der Waals surface area (Å²) in [6.45, 7) is -0.0296. The summed E-state index contributed by atoms with van der Waals surface area (Å²) in [5, 5.41) is 13.5. The van der Waals surface area contributed by atoms with Gasteiger partial charge in [0.25, 0.3) is 11.8 Å². The summed E-state index contributed by atoms with van der Waals surface area (Å²) in [7, 11) is 0. The molecule has 9 nitrogen and oxygen atoms in total. The van der Waals surface area contributed by atoms with E-state index in [1.54, 1.807) is 24.3 Å². The molecule has 0 unspecified atom stereocenters. The maximum atomic E-state index is 13.6. The van der Waals surface area contributed by atoms with Crippen LogP contribution < -0.4 is 4.90 Å². The highest BCUT2D eigenvalue weighted by Gasteiger charge is 2.55. The molecule has 30 heavy (non-hydrogen) atoms. The lowest BCUT2D eigenvalue weighted by Crippen LogP contribution is -2.39. The molecule has 2 atom stereocenters. The van der Waals surface area contributed by atoms with Crippen molar-refractivity contribution in [1.82, 2.24) is 15.1 Å². The van der Waals surface area contributed by atoms with Gasteiger partial charge in [-0.25, -0.2) is 9.29 Å². The fourth-order valence-corrected chi connectivity index (χ4v) is 3.65. The molecular weight excluding hydrogens is 415 g/mol. The van der Waals surface area contributed by atoms with Crippen molar-refractivity contribution in [2.45, 2.75) is 18.6 Å². The van der Waals surface area contributed by atoms with E-state index >= 15 is 0 Å². The number of imide groups is 1. The van der Waals surface area contributed by atoms with Crippen LogP contribution in [0.25, 0.3) is 11.4 Å². The first kappa shape index (κ1) is 18.4. The van der Waals surface area contributed by atoms with E-state index in [4.69, 9.17) is 16.1 Å². The van der Waals surface area contributed by atoms with Gasteiger partial charge in [0.2, 0.25) is 11.7 Å². The predicted octanol–water partition coefficient (Wildman–Crippen LogP) is 3.02. The normalized spacial score (nSPS) is 20.3. The summed E-state index contributed by atoms with van der Waals surface area (Å²) >= 11 is 6.15. The molecule has 2 aromatic carbocycles. The lowest BCUT2D eigenvalue weighted by atomic mass is 10.1. The largest absolute Gasteiger partial charge is 0.337 e. The van der Waals surface area contributed by atoms with Gasteiger partial charge >= 0.3 is 0 Å². The Bertz CT molecular complexity index is 1200. The molecule has 1 aromatic heterocycles. The number of aromatic nitrogens is 2. The van der Waals surface area contributed by atoms with Gasteiger partial charge in [-0.05, 0) is 30.3 Å². The number of carbonyl (C=O) groups excluding carboxylic acids is 2. The van der Waals surface area contributed by atoms with E-state index in [1.807, 2.05) is 0 Å². The number of hydrogen-bond acceptors (Lipinski definition) is 8. The van der Waals surface area contributed by atoms with E-state index in [0.717, 1.165) is 11.0 Å². The summed E-state index contributed by atoms with van der Waals surface area (Å²) in [6.07, 6.45) is 0. The van der Waals surface area contributed by atoms with Crippen molar-refractivity contribution in [3.05, 3.63) is 65.3 Å². The van der Waals surface area contributed by atoms with Crippen LogP contribution in [0.4, 0.5) is 10.1 Å². The first-order chi connectivity index (χ1) is 14.5. The zero-order chi connectivity index (χ0) is 20.8. The Kier molecular flexibility index (Phi) is 4.28. The van der Waals surface area contributed by atoms with E-state index in [9.17, 15) is 14.0 Å². The molecule has 0 saturated carbocycles. The minimum Gasteiger partial charge on any atom is -0.337 e. The smallest absolute Gasteiger partial charge is 0.263 e. The number of benzene rings is 2. The van der Waals surface area contributed by atoms with Gasteiger partial charge in [-0.3, -0.25) is 14.6 Å². The number of nitrogens with zero attached hydrogens (tertiary/aromatic N) is 6. The van der Waals surface area contributed by atoms with Crippen molar-refractivity contribution in [3.63, 3.8) is 0 Å². The molecule has 150 valence electrons. The Hall–Kier alpha value is -3.66. The van der Waals surface area contributed by atoms with E-state index in [1.165, 1.54) is 23.2 Å². The molecule has 3 heterocycles. The van der Waals surface area contributed by atoms with E-state index in [0.29, 0.717) is 16.4 Å². The van der Waals surface area contributed by atoms with Gasteiger partial charge in [0.15, 0.2) is 12.1 Å². The Morgan fingerprint density at radius 1 is 1.10 bits per heavy atom. The second-order valence-corrected chi connectivity index (χ2v) is 7.08. The summed E-state index contributed by atoms with van der Waals surface area (Å²) in [6, 6.07) is 10.3. The number of halogens is 2. The average Bonchev–Trinajstić information content (AvgIpc) is 3.41. The maximum Gasteiger partial charge on any atom is 0.263 e. The first-order valence-corrected chi connectivity index (χ1v) is 9.29. The quantitative estimate of drug-likeness (QED) is 0.594. The number of rotatable bonds is 4. The Morgan fingerprint density at radius 3 is 2.73 bits per heavy atom. The summed E-state index contributed by atoms with van der Waals surface area (Å²) in [4.78, 5) is 30.8. The zero-order valence-corrected chi connectivity index (χ0v) is 15.9. The van der Waals surface area contributed by atoms with Crippen molar-refractivity contribution < 1.29 is 18.5 Å². The third kappa shape index (κ3) is 2.92. The van der Waals surface area contributed by atoms with E-state index < -0.39 is 29.7 Å². The Balaban J connectivity index is 1.38. The third-order valence-corrected chi connectivity index (χ3v) is 5.13. The molecule has 2 aliphatic heterocycles. The first-order valence-electron chi connectivity index (χ1n) is 8.91. The van der Waals surface area contributed by atoms with Gasteiger partial charge < -0.3 is 4.52 Å².